The van der Waals surface area contributed by atoms with Gasteiger partial charge < -0.3 is 26.0 Å². The van der Waals surface area contributed by atoms with Crippen LogP contribution in [0.25, 0.3) is 0 Å². The van der Waals surface area contributed by atoms with Gasteiger partial charge in [-0.25, -0.2) is 4.98 Å². The second-order valence-electron chi connectivity index (χ2n) is 13.5. The van der Waals surface area contributed by atoms with Crippen molar-refractivity contribution in [3.8, 4) is 0 Å². The molecule has 3 aromatic rings. The zero-order valence-electron chi connectivity index (χ0n) is 36.3. The first kappa shape index (κ1) is 57.6. The number of halogens is 2. The van der Waals surface area contributed by atoms with Crippen molar-refractivity contribution in [2.75, 3.05) is 76.6 Å². The molecule has 62 heavy (non-hydrogen) atoms. The molecule has 1 heterocycles. The number of aromatic amines is 1. The van der Waals surface area contributed by atoms with Crippen LogP contribution in [0.5, 0.6) is 0 Å². The summed E-state index contributed by atoms with van der Waals surface area (Å²) in [6.07, 6.45) is 5.79. The van der Waals surface area contributed by atoms with Gasteiger partial charge in [0.25, 0.3) is 32.1 Å². The van der Waals surface area contributed by atoms with Crippen LogP contribution in [0.2, 0.25) is 0 Å². The number of imidazole rings is 1. The number of hydrogen-bond acceptors (Lipinski definition) is 15. The quantitative estimate of drug-likeness (QED) is 0.0241. The molecule has 0 atom stereocenters. The van der Waals surface area contributed by atoms with Crippen molar-refractivity contribution in [3.05, 3.63) is 77.2 Å². The lowest BCUT2D eigenvalue weighted by molar-refractivity contribution is -0.137. The minimum Gasteiger partial charge on any atom is -0.481 e. The first-order valence-electron chi connectivity index (χ1n) is 19.2. The van der Waals surface area contributed by atoms with Gasteiger partial charge in [-0.1, -0.05) is 29.5 Å². The van der Waals surface area contributed by atoms with E-state index in [9.17, 15) is 31.2 Å². The summed E-state index contributed by atoms with van der Waals surface area (Å²) in [5.74, 6) is -0.000543. The van der Waals surface area contributed by atoms with E-state index < -0.39 is 32.1 Å². The van der Waals surface area contributed by atoms with Crippen molar-refractivity contribution in [1.82, 2.24) is 31.1 Å². The number of carbonyl (C=O) groups excluding carboxylic acids is 2. The lowest BCUT2D eigenvalue weighted by Gasteiger charge is -2.23. The maximum atomic E-state index is 11.6. The average molecular weight is 954 g/mol. The first-order valence-corrected chi connectivity index (χ1v) is 23.9. The third-order valence-corrected chi connectivity index (χ3v) is 8.81. The Bertz CT molecular complexity index is 1930. The number of carboxylic acid groups (broad SMARTS) is 1. The molecule has 350 valence electrons. The van der Waals surface area contributed by atoms with E-state index in [0.717, 1.165) is 55.4 Å². The van der Waals surface area contributed by atoms with Crippen LogP contribution in [0.15, 0.2) is 65.2 Å². The van der Waals surface area contributed by atoms with Gasteiger partial charge in [-0.05, 0) is 82.0 Å². The van der Waals surface area contributed by atoms with Gasteiger partial charge in [-0.15, -0.1) is 28.3 Å². The van der Waals surface area contributed by atoms with Crippen molar-refractivity contribution < 1.29 is 44.7 Å². The molecule has 2 amide bonds. The summed E-state index contributed by atoms with van der Waals surface area (Å²) in [5.41, 5.74) is 15.0. The van der Waals surface area contributed by atoms with Gasteiger partial charge in [0.2, 0.25) is 0 Å². The topological polar surface area (TPSA) is 280 Å². The molecule has 0 radical (unpaired) electrons. The Morgan fingerprint density at radius 1 is 0.887 bits per heavy atom. The number of anilines is 1. The number of aryl methyl sites for hydroxylation is 1. The second-order valence-corrected chi connectivity index (χ2v) is 17.5. The molecule has 0 bridgehead atoms. The number of nitrogens with two attached hydrogens (primary N) is 1. The average Bonchev–Trinajstić information content (AvgIpc) is 3.67. The maximum Gasteiger partial charge on any atom is 0.303 e. The number of carboxylic acids is 1. The number of aromatic nitrogens is 2. The lowest BCUT2D eigenvalue weighted by Crippen LogP contribution is -2.30. The van der Waals surface area contributed by atoms with Gasteiger partial charge in [0, 0.05) is 69.2 Å². The molecule has 0 spiro atoms. The van der Waals surface area contributed by atoms with E-state index in [0.29, 0.717) is 36.6 Å². The van der Waals surface area contributed by atoms with E-state index in [-0.39, 0.29) is 43.1 Å². The molecule has 24 heteroatoms. The van der Waals surface area contributed by atoms with Gasteiger partial charge in [0.05, 0.1) is 32.1 Å². The minimum atomic E-state index is -3.40. The third-order valence-electron chi connectivity index (χ3n) is 7.28. The lowest BCUT2D eigenvalue weighted by atomic mass is 10.1. The summed E-state index contributed by atoms with van der Waals surface area (Å²) in [5, 5.41) is 20.3. The highest BCUT2D eigenvalue weighted by Gasteiger charge is 2.11. The predicted molar refractivity (Wildman–Crippen MR) is 242 cm³/mol. The van der Waals surface area contributed by atoms with Crippen LogP contribution in [0, 0.1) is 0 Å². The Morgan fingerprint density at radius 3 is 1.85 bits per heavy atom. The molecule has 0 unspecified atom stereocenters. The summed E-state index contributed by atoms with van der Waals surface area (Å²) >= 11 is 11.5. The molecule has 7 N–H and O–H groups in total. The van der Waals surface area contributed by atoms with Gasteiger partial charge in [-0.2, -0.15) is 16.8 Å². The summed E-state index contributed by atoms with van der Waals surface area (Å²) in [4.78, 5) is 41.3. The zero-order chi connectivity index (χ0) is 47.1. The number of benzene rings is 2. The fourth-order valence-electron chi connectivity index (χ4n) is 4.50. The van der Waals surface area contributed by atoms with Crippen LogP contribution in [-0.4, -0.2) is 132 Å². The Hall–Kier alpha value is -4.42. The van der Waals surface area contributed by atoms with E-state index >= 15 is 0 Å². The Balaban J connectivity index is 0.000000809. The van der Waals surface area contributed by atoms with Crippen molar-refractivity contribution in [2.24, 2.45) is 16.1 Å². The van der Waals surface area contributed by atoms with Crippen LogP contribution in [0.1, 0.15) is 71.5 Å². The molecular formula is C38H62Cl2N10O10S2. The third kappa shape index (κ3) is 30.6. The minimum absolute atomic E-state index is 0.0249. The number of nitrogens with one attached hydrogen (secondary N) is 4. The normalized spacial score (nSPS) is 11.1. The number of aliphatic carboxylic acids is 1. The van der Waals surface area contributed by atoms with Crippen molar-refractivity contribution >= 4 is 72.7 Å². The van der Waals surface area contributed by atoms with E-state index in [1.54, 1.807) is 14.1 Å². The summed E-state index contributed by atoms with van der Waals surface area (Å²) in [6.45, 7) is 6.27. The molecule has 20 nitrogen and oxygen atoms in total. The van der Waals surface area contributed by atoms with Crippen LogP contribution in [-0.2, 0) is 46.4 Å². The summed E-state index contributed by atoms with van der Waals surface area (Å²) in [7, 11) is -1.55. The number of carbonyl (C=O) groups is 3. The first-order chi connectivity index (χ1) is 29.1. The van der Waals surface area contributed by atoms with Crippen molar-refractivity contribution in [2.45, 2.75) is 58.5 Å². The molecule has 0 saturated carbocycles. The molecule has 0 saturated heterocycles. The number of amides is 2. The van der Waals surface area contributed by atoms with Crippen LogP contribution < -0.4 is 26.8 Å². The smallest absolute Gasteiger partial charge is 0.303 e. The SMILES string of the molecule is CN(C)/N=N/c1[nH]cnc1C(N)=O.CNNCc1ccc(C(=O)NC(C)C)cc1.CS(=O)(=O)OCCCCOS(C)(=O)=O.O=C(O)CCCc1ccc(N(CCCl)CCCl)cc1. The number of unbranched alkanes of at least 4 members (excludes halogenated alkanes) is 1. The van der Waals surface area contributed by atoms with E-state index in [1.807, 2.05) is 69.4 Å². The van der Waals surface area contributed by atoms with Crippen LogP contribution >= 0.6 is 23.2 Å². The number of H-pyrrole nitrogens is 1. The van der Waals surface area contributed by atoms with E-state index in [4.69, 9.17) is 34.0 Å². The Labute approximate surface area is 375 Å². The molecule has 0 aliphatic rings. The van der Waals surface area contributed by atoms with Crippen LogP contribution in [0.3, 0.4) is 0 Å². The molecule has 0 fully saturated rings. The second kappa shape index (κ2) is 32.3. The fourth-order valence-corrected chi connectivity index (χ4v) is 5.75. The Morgan fingerprint density at radius 2 is 1.42 bits per heavy atom. The van der Waals surface area contributed by atoms with Crippen molar-refractivity contribution in [1.29, 1.82) is 0 Å². The molecule has 1 aromatic heterocycles. The number of hydrogen-bond donors (Lipinski definition) is 6. The number of hydrazine groups is 1. The van der Waals surface area contributed by atoms with E-state index in [2.05, 4.69) is 49.7 Å². The molecule has 2 aromatic carbocycles. The highest BCUT2D eigenvalue weighted by atomic mass is 35.5. The highest BCUT2D eigenvalue weighted by Crippen LogP contribution is 2.17. The fraction of sp³-hybridized carbons (Fsp3) is 0.526. The van der Waals surface area contributed by atoms with Gasteiger partial charge in [-0.3, -0.25) is 38.6 Å². The monoisotopic (exact) mass is 952 g/mol. The van der Waals surface area contributed by atoms with Gasteiger partial charge in [0.15, 0.2) is 11.5 Å². The largest absolute Gasteiger partial charge is 0.481 e. The number of nitrogens with zero attached hydrogens (tertiary/aromatic N) is 5. The standard InChI is InChI=1S/C14H19Cl2NO2.C12H19N3O.C6H10N6O.C6H14O6S2/c15-8-10-17(11-9-16)13-6-4-12(5-7-13)2-1-3-14(18)19;1-9(2)15-12(16)11-6-4-10(5-7-11)8-14-13-3;1-12(2)11-10-6-4(5(7)13)8-3-9-6;1-13(7,8)11-5-3-4-6-12-14(2,9)10/h4-7H,1-3,8-11H2,(H,18,19);4-7,9,13-14H,8H2,1-3H3,(H,15,16);3H,1-2H3,(H2,7,13)(H,8,9);3-6H2,1-2H3/b;;11-10+;. The summed E-state index contributed by atoms with van der Waals surface area (Å²) in [6, 6.07) is 15.9. The molecular weight excluding hydrogens is 892 g/mol. The number of alkyl halides is 2. The molecule has 0 aliphatic carbocycles. The zero-order valence-corrected chi connectivity index (χ0v) is 39.4. The Kier molecular flexibility index (Phi) is 30.0. The highest BCUT2D eigenvalue weighted by molar-refractivity contribution is 7.86. The molecule has 0 aliphatic heterocycles. The molecule has 3 rings (SSSR count). The van der Waals surface area contributed by atoms with Gasteiger partial charge in [0.1, 0.15) is 0 Å². The number of rotatable bonds is 24. The van der Waals surface area contributed by atoms with Crippen molar-refractivity contribution in [3.63, 3.8) is 0 Å². The van der Waals surface area contributed by atoms with Crippen LogP contribution in [0.4, 0.5) is 11.5 Å². The predicted octanol–water partition coefficient (Wildman–Crippen LogP) is 4.21. The maximum absolute atomic E-state index is 11.6. The van der Waals surface area contributed by atoms with E-state index in [1.165, 1.54) is 11.3 Å². The number of primary amides is 1. The van der Waals surface area contributed by atoms with Gasteiger partial charge >= 0.3 is 5.97 Å². The summed E-state index contributed by atoms with van der Waals surface area (Å²) < 4.78 is 50.8.